The molecule has 3 heteroatoms. The van der Waals surface area contributed by atoms with Gasteiger partial charge in [0.2, 0.25) is 0 Å². The molecule has 1 rings (SSSR count). The van der Waals surface area contributed by atoms with Crippen LogP contribution < -0.4 is 0 Å². The molecular formula is C8H9FO2. The van der Waals surface area contributed by atoms with Crippen molar-refractivity contribution >= 4 is 0 Å². The highest BCUT2D eigenvalue weighted by atomic mass is 19.1. The number of rotatable bonds is 1. The van der Waals surface area contributed by atoms with E-state index in [-0.39, 0.29) is 5.56 Å². The van der Waals surface area contributed by atoms with Crippen LogP contribution in [0.4, 0.5) is 4.39 Å². The maximum absolute atomic E-state index is 12.9. The van der Waals surface area contributed by atoms with Crippen molar-refractivity contribution in [1.82, 2.24) is 0 Å². The van der Waals surface area contributed by atoms with Gasteiger partial charge in [-0.3, -0.25) is 0 Å². The van der Waals surface area contributed by atoms with Crippen LogP contribution in [0, 0.1) is 12.7 Å². The summed E-state index contributed by atoms with van der Waals surface area (Å²) in [5.74, 6) is -0.553. The van der Waals surface area contributed by atoms with Crippen LogP contribution in [0.3, 0.4) is 0 Å². The van der Waals surface area contributed by atoms with Crippen molar-refractivity contribution in [2.45, 2.75) is 13.2 Å². The lowest BCUT2D eigenvalue weighted by Gasteiger charge is -2.05. The Morgan fingerprint density at radius 3 is 2.45 bits per heavy atom. The fourth-order valence-corrected chi connectivity index (χ4v) is 0.870. The maximum atomic E-state index is 12.9. The summed E-state index contributed by atoms with van der Waals surface area (Å²) in [6, 6.07) is 4.49. The van der Waals surface area contributed by atoms with Crippen LogP contribution in [0.2, 0.25) is 0 Å². The van der Waals surface area contributed by atoms with E-state index in [1.165, 1.54) is 6.07 Å². The van der Waals surface area contributed by atoms with Crippen LogP contribution in [0.25, 0.3) is 0 Å². The van der Waals surface area contributed by atoms with E-state index in [0.717, 1.165) is 0 Å². The number of halogens is 1. The molecule has 0 radical (unpaired) electrons. The molecule has 2 N–H and O–H groups in total. The fraction of sp³-hybridized carbons (Fsp3) is 0.250. The SMILES string of the molecule is Cc1cccc(C(O)O)c1F. The van der Waals surface area contributed by atoms with Gasteiger partial charge in [0.05, 0.1) is 0 Å². The first kappa shape index (κ1) is 8.17. The van der Waals surface area contributed by atoms with Gasteiger partial charge in [0.15, 0.2) is 6.29 Å². The minimum absolute atomic E-state index is 0.0787. The molecule has 2 nitrogen and oxygen atoms in total. The van der Waals surface area contributed by atoms with Crippen LogP contribution in [0.1, 0.15) is 17.4 Å². The van der Waals surface area contributed by atoms with Crippen molar-refractivity contribution in [1.29, 1.82) is 0 Å². The second kappa shape index (κ2) is 2.98. The number of hydrogen-bond acceptors (Lipinski definition) is 2. The van der Waals surface area contributed by atoms with Crippen LogP contribution in [-0.2, 0) is 0 Å². The summed E-state index contributed by atoms with van der Waals surface area (Å²) in [6.07, 6.45) is -1.73. The number of hydrogen-bond donors (Lipinski definition) is 2. The first-order chi connectivity index (χ1) is 5.13. The van der Waals surface area contributed by atoms with Gasteiger partial charge in [0.1, 0.15) is 5.82 Å². The Balaban J connectivity index is 3.17. The van der Waals surface area contributed by atoms with E-state index in [4.69, 9.17) is 10.2 Å². The minimum Gasteiger partial charge on any atom is -0.364 e. The molecule has 0 amide bonds. The maximum Gasteiger partial charge on any atom is 0.181 e. The van der Waals surface area contributed by atoms with E-state index >= 15 is 0 Å². The summed E-state index contributed by atoms with van der Waals surface area (Å²) in [6.45, 7) is 1.57. The van der Waals surface area contributed by atoms with E-state index < -0.39 is 12.1 Å². The van der Waals surface area contributed by atoms with Crippen LogP contribution >= 0.6 is 0 Å². The lowest BCUT2D eigenvalue weighted by Crippen LogP contribution is -1.99. The highest BCUT2D eigenvalue weighted by Gasteiger charge is 2.09. The van der Waals surface area contributed by atoms with Gasteiger partial charge in [-0.05, 0) is 12.5 Å². The predicted molar refractivity (Wildman–Crippen MR) is 38.3 cm³/mol. The van der Waals surface area contributed by atoms with Crippen LogP contribution in [-0.4, -0.2) is 10.2 Å². The molecule has 0 bridgehead atoms. The smallest absolute Gasteiger partial charge is 0.181 e. The van der Waals surface area contributed by atoms with Crippen LogP contribution in [0.5, 0.6) is 0 Å². The normalized spacial score (nSPS) is 10.6. The summed E-state index contributed by atoms with van der Waals surface area (Å²) >= 11 is 0. The van der Waals surface area contributed by atoms with Gasteiger partial charge in [-0.15, -0.1) is 0 Å². The molecule has 0 aliphatic heterocycles. The first-order valence-corrected chi connectivity index (χ1v) is 3.24. The molecule has 0 spiro atoms. The van der Waals surface area contributed by atoms with Gasteiger partial charge in [0, 0.05) is 5.56 Å². The molecule has 60 valence electrons. The molecule has 0 aliphatic carbocycles. The van der Waals surface area contributed by atoms with Gasteiger partial charge in [-0.1, -0.05) is 18.2 Å². The summed E-state index contributed by atoms with van der Waals surface area (Å²) in [7, 11) is 0. The standard InChI is InChI=1S/C8H9FO2/c1-5-3-2-4-6(7(5)9)8(10)11/h2-4,8,10-11H,1H3. The zero-order chi connectivity index (χ0) is 8.43. The molecule has 0 saturated carbocycles. The summed E-state index contributed by atoms with van der Waals surface area (Å²) in [4.78, 5) is 0. The molecule has 11 heavy (non-hydrogen) atoms. The molecular weight excluding hydrogens is 147 g/mol. The topological polar surface area (TPSA) is 40.5 Å². The van der Waals surface area contributed by atoms with Gasteiger partial charge < -0.3 is 10.2 Å². The third-order valence-corrected chi connectivity index (χ3v) is 1.50. The number of aryl methyl sites for hydroxylation is 1. The highest BCUT2D eigenvalue weighted by molar-refractivity contribution is 5.25. The molecule has 0 unspecified atom stereocenters. The predicted octanol–water partition coefficient (Wildman–Crippen LogP) is 1.12. The van der Waals surface area contributed by atoms with E-state index in [2.05, 4.69) is 0 Å². The van der Waals surface area contributed by atoms with Crippen molar-refractivity contribution in [3.05, 3.63) is 35.1 Å². The average Bonchev–Trinajstić information content (AvgIpc) is 1.94. The Hall–Kier alpha value is -0.930. The van der Waals surface area contributed by atoms with Crippen LogP contribution in [0.15, 0.2) is 18.2 Å². The zero-order valence-corrected chi connectivity index (χ0v) is 6.08. The molecule has 0 saturated heterocycles. The number of benzene rings is 1. The van der Waals surface area contributed by atoms with Crippen molar-refractivity contribution in [2.75, 3.05) is 0 Å². The van der Waals surface area contributed by atoms with Gasteiger partial charge in [0.25, 0.3) is 0 Å². The molecule has 0 aliphatic rings. The lowest BCUT2D eigenvalue weighted by molar-refractivity contribution is -0.0450. The van der Waals surface area contributed by atoms with Gasteiger partial charge in [-0.2, -0.15) is 0 Å². The molecule has 0 aromatic heterocycles. The molecule has 0 atom stereocenters. The van der Waals surface area contributed by atoms with E-state index in [0.29, 0.717) is 5.56 Å². The van der Waals surface area contributed by atoms with Crippen molar-refractivity contribution in [3.63, 3.8) is 0 Å². The molecule has 1 aromatic rings. The number of aliphatic hydroxyl groups is 2. The third kappa shape index (κ3) is 1.56. The zero-order valence-electron chi connectivity index (χ0n) is 6.08. The molecule has 0 heterocycles. The molecule has 0 fully saturated rings. The Labute approximate surface area is 63.9 Å². The van der Waals surface area contributed by atoms with E-state index in [1.807, 2.05) is 0 Å². The lowest BCUT2D eigenvalue weighted by atomic mass is 10.1. The Morgan fingerprint density at radius 2 is 2.00 bits per heavy atom. The second-order valence-electron chi connectivity index (χ2n) is 2.35. The summed E-state index contributed by atoms with van der Waals surface area (Å²) in [5, 5.41) is 17.3. The number of aliphatic hydroxyl groups excluding tert-OH is 1. The van der Waals surface area contributed by atoms with E-state index in [9.17, 15) is 4.39 Å². The highest BCUT2D eigenvalue weighted by Crippen LogP contribution is 2.16. The quantitative estimate of drug-likeness (QED) is 0.598. The Morgan fingerprint density at radius 1 is 1.36 bits per heavy atom. The van der Waals surface area contributed by atoms with Gasteiger partial charge in [-0.25, -0.2) is 4.39 Å². The second-order valence-corrected chi connectivity index (χ2v) is 2.35. The Bertz CT molecular complexity index is 258. The van der Waals surface area contributed by atoms with Crippen molar-refractivity contribution in [3.8, 4) is 0 Å². The monoisotopic (exact) mass is 156 g/mol. The largest absolute Gasteiger partial charge is 0.364 e. The average molecular weight is 156 g/mol. The van der Waals surface area contributed by atoms with E-state index in [1.54, 1.807) is 19.1 Å². The molecule has 1 aromatic carbocycles. The summed E-state index contributed by atoms with van der Waals surface area (Å²) in [5.41, 5.74) is 0.334. The minimum atomic E-state index is -1.73. The third-order valence-electron chi connectivity index (χ3n) is 1.50. The summed E-state index contributed by atoms with van der Waals surface area (Å²) < 4.78 is 12.9. The first-order valence-electron chi connectivity index (χ1n) is 3.24. The fourth-order valence-electron chi connectivity index (χ4n) is 0.870. The van der Waals surface area contributed by atoms with Crippen molar-refractivity contribution < 1.29 is 14.6 Å². The Kier molecular flexibility index (Phi) is 2.22. The van der Waals surface area contributed by atoms with Gasteiger partial charge >= 0.3 is 0 Å². The van der Waals surface area contributed by atoms with Crippen molar-refractivity contribution in [2.24, 2.45) is 0 Å².